The molecule has 3 aromatic rings. The summed E-state index contributed by atoms with van der Waals surface area (Å²) >= 11 is 0. The lowest BCUT2D eigenvalue weighted by atomic mass is 10.3. The van der Waals surface area contributed by atoms with E-state index in [4.69, 9.17) is 0 Å². The van der Waals surface area contributed by atoms with Gasteiger partial charge in [-0.25, -0.2) is 0 Å². The van der Waals surface area contributed by atoms with Crippen molar-refractivity contribution in [2.75, 3.05) is 10.6 Å². The van der Waals surface area contributed by atoms with Crippen LogP contribution in [0.4, 0.5) is 31.8 Å². The van der Waals surface area contributed by atoms with Crippen LogP contribution in [-0.4, -0.2) is 9.97 Å². The van der Waals surface area contributed by atoms with E-state index in [1.807, 2.05) is 12.1 Å². The standard InChI is InChI=1S/C16H12F2N4/c17-13-14(19-11-7-3-1-4-8-11)21-16(18)22-15(13)20-12-9-5-2-6-10-12/h1-10H,(H2,19,20,21,22). The fraction of sp³-hybridized carbons (Fsp3) is 0. The molecule has 0 saturated carbocycles. The maximum absolute atomic E-state index is 14.4. The van der Waals surface area contributed by atoms with Crippen LogP contribution in [0.5, 0.6) is 0 Å². The van der Waals surface area contributed by atoms with Gasteiger partial charge in [-0.05, 0) is 24.3 Å². The number of anilines is 4. The van der Waals surface area contributed by atoms with E-state index in [-0.39, 0.29) is 11.6 Å². The van der Waals surface area contributed by atoms with E-state index in [1.54, 1.807) is 48.5 Å². The molecule has 0 aliphatic heterocycles. The van der Waals surface area contributed by atoms with Gasteiger partial charge in [-0.3, -0.25) is 0 Å². The highest BCUT2D eigenvalue weighted by molar-refractivity contribution is 5.63. The lowest BCUT2D eigenvalue weighted by Gasteiger charge is -2.11. The van der Waals surface area contributed by atoms with Gasteiger partial charge in [0.1, 0.15) is 0 Å². The van der Waals surface area contributed by atoms with Gasteiger partial charge in [-0.15, -0.1) is 0 Å². The average Bonchev–Trinajstić information content (AvgIpc) is 2.54. The van der Waals surface area contributed by atoms with Gasteiger partial charge in [-0.2, -0.15) is 18.7 Å². The SMILES string of the molecule is Fc1nc(Nc2ccccc2)c(F)c(Nc2ccccc2)n1. The molecule has 0 amide bonds. The van der Waals surface area contributed by atoms with Crippen molar-refractivity contribution in [2.45, 2.75) is 0 Å². The average molecular weight is 298 g/mol. The second-order valence-electron chi connectivity index (χ2n) is 4.49. The first-order chi connectivity index (χ1) is 10.7. The fourth-order valence-corrected chi connectivity index (χ4v) is 1.90. The molecule has 0 aliphatic carbocycles. The van der Waals surface area contributed by atoms with Crippen LogP contribution in [0.25, 0.3) is 0 Å². The van der Waals surface area contributed by atoms with Crippen LogP contribution < -0.4 is 10.6 Å². The van der Waals surface area contributed by atoms with E-state index in [9.17, 15) is 8.78 Å². The summed E-state index contributed by atoms with van der Waals surface area (Å²) in [5, 5.41) is 5.47. The molecule has 1 aromatic heterocycles. The maximum atomic E-state index is 14.4. The van der Waals surface area contributed by atoms with Gasteiger partial charge in [0.15, 0.2) is 11.6 Å². The number of aromatic nitrogens is 2. The Hall–Kier alpha value is -3.02. The fourth-order valence-electron chi connectivity index (χ4n) is 1.90. The second-order valence-corrected chi connectivity index (χ2v) is 4.49. The van der Waals surface area contributed by atoms with Crippen LogP contribution in [0.1, 0.15) is 0 Å². The van der Waals surface area contributed by atoms with Crippen molar-refractivity contribution in [3.05, 3.63) is 72.6 Å². The number of halogens is 2. The molecule has 0 atom stereocenters. The lowest BCUT2D eigenvalue weighted by molar-refractivity contribution is 0.524. The highest BCUT2D eigenvalue weighted by Gasteiger charge is 2.15. The number of para-hydroxylation sites is 2. The summed E-state index contributed by atoms with van der Waals surface area (Å²) < 4.78 is 28.0. The number of hydrogen-bond donors (Lipinski definition) is 2. The maximum Gasteiger partial charge on any atom is 0.312 e. The third-order valence-corrected chi connectivity index (χ3v) is 2.90. The number of nitrogens with zero attached hydrogens (tertiary/aromatic N) is 2. The van der Waals surface area contributed by atoms with Gasteiger partial charge in [0.2, 0.25) is 5.82 Å². The van der Waals surface area contributed by atoms with Crippen LogP contribution >= 0.6 is 0 Å². The molecule has 0 spiro atoms. The first kappa shape index (κ1) is 13.9. The Balaban J connectivity index is 1.92. The Morgan fingerprint density at radius 3 is 1.45 bits per heavy atom. The van der Waals surface area contributed by atoms with E-state index in [0.717, 1.165) is 0 Å². The molecule has 0 bridgehead atoms. The molecular formula is C16H12F2N4. The monoisotopic (exact) mass is 298 g/mol. The van der Waals surface area contributed by atoms with Crippen LogP contribution in [0.15, 0.2) is 60.7 Å². The Bertz CT molecular complexity index is 701. The molecule has 2 N–H and O–H groups in total. The zero-order chi connectivity index (χ0) is 15.4. The van der Waals surface area contributed by atoms with Crippen molar-refractivity contribution in [2.24, 2.45) is 0 Å². The third kappa shape index (κ3) is 3.17. The molecular weight excluding hydrogens is 286 g/mol. The summed E-state index contributed by atoms with van der Waals surface area (Å²) in [6.45, 7) is 0. The van der Waals surface area contributed by atoms with Gasteiger partial charge < -0.3 is 10.6 Å². The first-order valence-corrected chi connectivity index (χ1v) is 6.59. The molecule has 4 nitrogen and oxygen atoms in total. The number of nitrogens with one attached hydrogen (secondary N) is 2. The normalized spacial score (nSPS) is 10.3. The summed E-state index contributed by atoms with van der Waals surface area (Å²) in [4.78, 5) is 6.93. The summed E-state index contributed by atoms with van der Waals surface area (Å²) in [7, 11) is 0. The molecule has 0 radical (unpaired) electrons. The van der Waals surface area contributed by atoms with E-state index in [1.165, 1.54) is 0 Å². The summed E-state index contributed by atoms with van der Waals surface area (Å²) in [5.74, 6) is -1.21. The van der Waals surface area contributed by atoms with Gasteiger partial charge in [0.05, 0.1) is 0 Å². The molecule has 1 heterocycles. The van der Waals surface area contributed by atoms with Crippen molar-refractivity contribution in [1.29, 1.82) is 0 Å². The number of benzene rings is 2. The minimum Gasteiger partial charge on any atom is -0.338 e. The van der Waals surface area contributed by atoms with Crippen molar-refractivity contribution in [1.82, 2.24) is 9.97 Å². The molecule has 0 aliphatic rings. The van der Waals surface area contributed by atoms with E-state index in [2.05, 4.69) is 20.6 Å². The predicted molar refractivity (Wildman–Crippen MR) is 81.4 cm³/mol. The quantitative estimate of drug-likeness (QED) is 0.707. The molecule has 0 unspecified atom stereocenters. The minimum absolute atomic E-state index is 0.225. The van der Waals surface area contributed by atoms with E-state index < -0.39 is 11.9 Å². The molecule has 2 aromatic carbocycles. The van der Waals surface area contributed by atoms with E-state index in [0.29, 0.717) is 11.4 Å². The molecule has 110 valence electrons. The molecule has 6 heteroatoms. The Labute approximate surface area is 125 Å². The number of rotatable bonds is 4. The molecule has 3 rings (SSSR count). The molecule has 0 fully saturated rings. The van der Waals surface area contributed by atoms with Gasteiger partial charge in [0.25, 0.3) is 0 Å². The van der Waals surface area contributed by atoms with Crippen LogP contribution in [0, 0.1) is 11.9 Å². The second kappa shape index (κ2) is 6.17. The van der Waals surface area contributed by atoms with Crippen LogP contribution in [-0.2, 0) is 0 Å². The Kier molecular flexibility index (Phi) is 3.91. The van der Waals surface area contributed by atoms with Crippen LogP contribution in [0.2, 0.25) is 0 Å². The molecule has 0 saturated heterocycles. The minimum atomic E-state index is -1.02. The van der Waals surface area contributed by atoms with Crippen molar-refractivity contribution in [3.8, 4) is 0 Å². The topological polar surface area (TPSA) is 49.8 Å². The molecule has 22 heavy (non-hydrogen) atoms. The summed E-state index contributed by atoms with van der Waals surface area (Å²) in [6, 6.07) is 17.7. The summed E-state index contributed by atoms with van der Waals surface area (Å²) in [5.41, 5.74) is 1.20. The third-order valence-electron chi connectivity index (χ3n) is 2.90. The van der Waals surface area contributed by atoms with Crippen LogP contribution in [0.3, 0.4) is 0 Å². The lowest BCUT2D eigenvalue weighted by Crippen LogP contribution is -2.06. The Morgan fingerprint density at radius 2 is 1.05 bits per heavy atom. The van der Waals surface area contributed by atoms with Crippen molar-refractivity contribution in [3.63, 3.8) is 0 Å². The highest BCUT2D eigenvalue weighted by atomic mass is 19.1. The number of hydrogen-bond acceptors (Lipinski definition) is 4. The zero-order valence-electron chi connectivity index (χ0n) is 11.4. The smallest absolute Gasteiger partial charge is 0.312 e. The van der Waals surface area contributed by atoms with Gasteiger partial charge in [-0.1, -0.05) is 36.4 Å². The van der Waals surface area contributed by atoms with Gasteiger partial charge in [0, 0.05) is 11.4 Å². The van der Waals surface area contributed by atoms with Crippen molar-refractivity contribution >= 4 is 23.0 Å². The van der Waals surface area contributed by atoms with Gasteiger partial charge >= 0.3 is 6.08 Å². The highest BCUT2D eigenvalue weighted by Crippen LogP contribution is 2.24. The largest absolute Gasteiger partial charge is 0.338 e. The zero-order valence-corrected chi connectivity index (χ0v) is 11.4. The first-order valence-electron chi connectivity index (χ1n) is 6.59. The van der Waals surface area contributed by atoms with E-state index >= 15 is 0 Å². The summed E-state index contributed by atoms with van der Waals surface area (Å²) in [6.07, 6.45) is -1.02. The van der Waals surface area contributed by atoms with Crippen molar-refractivity contribution < 1.29 is 8.78 Å². The predicted octanol–water partition coefficient (Wildman–Crippen LogP) is 4.24. The Morgan fingerprint density at radius 1 is 0.636 bits per heavy atom.